The standard InChI is InChI=1S/C14H21NO2/c1-11(2)8-13(10-16)15-9-12-4-6-14(17-3)7-5-12/h4-7,9,11,13,16H,8,10H2,1-3H3/i10D2. The first kappa shape index (κ1) is 10.8. The molecule has 0 heterocycles. The number of nitrogens with zero attached hydrogens (tertiary/aromatic N) is 1. The number of rotatable bonds is 6. The Balaban J connectivity index is 2.79. The van der Waals surface area contributed by atoms with Gasteiger partial charge in [0.05, 0.1) is 22.5 Å². The number of hydrogen-bond acceptors (Lipinski definition) is 3. The molecule has 1 aromatic carbocycles. The predicted octanol–water partition coefficient (Wildman–Crippen LogP) is 2.52. The molecule has 0 aliphatic rings. The van der Waals surface area contributed by atoms with Crippen molar-refractivity contribution in [2.24, 2.45) is 10.9 Å². The Morgan fingerprint density at radius 2 is 2.06 bits per heavy atom. The minimum atomic E-state index is -2.30. The van der Waals surface area contributed by atoms with E-state index in [1.54, 1.807) is 13.3 Å². The van der Waals surface area contributed by atoms with Crippen LogP contribution in [-0.2, 0) is 0 Å². The second-order valence-corrected chi connectivity index (χ2v) is 4.33. The van der Waals surface area contributed by atoms with Crippen molar-refractivity contribution < 1.29 is 12.6 Å². The maximum atomic E-state index is 9.49. The van der Waals surface area contributed by atoms with Gasteiger partial charge in [0, 0.05) is 6.21 Å². The van der Waals surface area contributed by atoms with Gasteiger partial charge in [0.2, 0.25) is 0 Å². The SMILES string of the molecule is [2H]C([2H])(O)C(CC(C)C)N=Cc1ccc(OC)cc1. The zero-order valence-electron chi connectivity index (χ0n) is 12.6. The first-order chi connectivity index (χ1) is 8.82. The van der Waals surface area contributed by atoms with Crippen LogP contribution in [0.1, 0.15) is 28.6 Å². The zero-order chi connectivity index (χ0) is 14.5. The molecular formula is C14H21NO2. The Labute approximate surface area is 106 Å². The van der Waals surface area contributed by atoms with Crippen molar-refractivity contribution in [3.63, 3.8) is 0 Å². The fourth-order valence-electron chi connectivity index (χ4n) is 1.46. The zero-order valence-corrected chi connectivity index (χ0v) is 10.6. The quantitative estimate of drug-likeness (QED) is 0.772. The van der Waals surface area contributed by atoms with Crippen LogP contribution in [0.4, 0.5) is 0 Å². The maximum absolute atomic E-state index is 9.49. The monoisotopic (exact) mass is 237 g/mol. The highest BCUT2D eigenvalue weighted by Crippen LogP contribution is 2.11. The van der Waals surface area contributed by atoms with Crippen LogP contribution in [0.15, 0.2) is 29.3 Å². The number of hydrogen-bond donors (Lipinski definition) is 1. The van der Waals surface area contributed by atoms with Crippen LogP contribution in [0.3, 0.4) is 0 Å². The maximum Gasteiger partial charge on any atom is 0.118 e. The Kier molecular flexibility index (Phi) is 4.48. The van der Waals surface area contributed by atoms with Crippen LogP contribution < -0.4 is 4.74 Å². The highest BCUT2D eigenvalue weighted by molar-refractivity contribution is 5.79. The summed E-state index contributed by atoms with van der Waals surface area (Å²) in [6.07, 6.45) is 2.08. The largest absolute Gasteiger partial charge is 0.497 e. The molecule has 0 aliphatic carbocycles. The third kappa shape index (κ3) is 5.00. The van der Waals surface area contributed by atoms with E-state index in [1.807, 2.05) is 38.1 Å². The molecule has 0 aliphatic heterocycles. The van der Waals surface area contributed by atoms with Gasteiger partial charge in [-0.15, -0.1) is 0 Å². The molecule has 0 bridgehead atoms. The smallest absolute Gasteiger partial charge is 0.118 e. The van der Waals surface area contributed by atoms with E-state index in [9.17, 15) is 5.11 Å². The average molecular weight is 237 g/mol. The van der Waals surface area contributed by atoms with Gasteiger partial charge in [-0.3, -0.25) is 4.99 Å². The van der Waals surface area contributed by atoms with E-state index < -0.39 is 12.6 Å². The summed E-state index contributed by atoms with van der Waals surface area (Å²) in [7, 11) is 1.60. The lowest BCUT2D eigenvalue weighted by Gasteiger charge is -2.11. The molecule has 17 heavy (non-hydrogen) atoms. The lowest BCUT2D eigenvalue weighted by Crippen LogP contribution is -2.13. The molecule has 3 nitrogen and oxygen atoms in total. The minimum absolute atomic E-state index is 0.264. The van der Waals surface area contributed by atoms with Crippen LogP contribution in [0, 0.1) is 5.92 Å². The van der Waals surface area contributed by atoms with Gasteiger partial charge in [-0.25, -0.2) is 0 Å². The summed E-state index contributed by atoms with van der Waals surface area (Å²) in [5.74, 6) is 1.02. The number of aliphatic hydroxyl groups is 1. The van der Waals surface area contributed by atoms with Crippen LogP contribution in [0.25, 0.3) is 0 Å². The van der Waals surface area contributed by atoms with Gasteiger partial charge in [0.1, 0.15) is 5.75 Å². The molecule has 0 spiro atoms. The summed E-state index contributed by atoms with van der Waals surface area (Å²) < 4.78 is 19.9. The molecule has 0 saturated carbocycles. The third-order valence-electron chi connectivity index (χ3n) is 2.36. The molecule has 3 heteroatoms. The summed E-state index contributed by atoms with van der Waals surface area (Å²) in [6.45, 7) is 1.65. The molecule has 0 fully saturated rings. The second kappa shape index (κ2) is 7.07. The molecule has 0 radical (unpaired) electrons. The van der Waals surface area contributed by atoms with Crippen LogP contribution in [-0.4, -0.2) is 31.0 Å². The van der Waals surface area contributed by atoms with Gasteiger partial charge in [0.25, 0.3) is 0 Å². The van der Waals surface area contributed by atoms with Gasteiger partial charge in [-0.1, -0.05) is 13.8 Å². The van der Waals surface area contributed by atoms with Gasteiger partial charge in [-0.2, -0.15) is 0 Å². The van der Waals surface area contributed by atoms with E-state index in [2.05, 4.69) is 4.99 Å². The summed E-state index contributed by atoms with van der Waals surface area (Å²) in [4.78, 5) is 4.17. The van der Waals surface area contributed by atoms with Crippen molar-refractivity contribution in [3.05, 3.63) is 29.8 Å². The first-order valence-corrected chi connectivity index (χ1v) is 5.72. The first-order valence-electron chi connectivity index (χ1n) is 6.72. The van der Waals surface area contributed by atoms with E-state index in [-0.39, 0.29) is 5.92 Å². The Hall–Kier alpha value is -1.35. The molecule has 1 aromatic rings. The summed E-state index contributed by atoms with van der Waals surface area (Å²) in [5.41, 5.74) is 0.846. The van der Waals surface area contributed by atoms with Crippen LogP contribution in [0.5, 0.6) is 5.75 Å². The van der Waals surface area contributed by atoms with E-state index >= 15 is 0 Å². The van der Waals surface area contributed by atoms with Gasteiger partial charge in [0.15, 0.2) is 0 Å². The normalized spacial score (nSPS) is 15.8. The fourth-order valence-corrected chi connectivity index (χ4v) is 1.46. The molecule has 1 N–H and O–H groups in total. The van der Waals surface area contributed by atoms with Crippen molar-refractivity contribution in [2.45, 2.75) is 26.3 Å². The highest BCUT2D eigenvalue weighted by Gasteiger charge is 2.06. The fraction of sp³-hybridized carbons (Fsp3) is 0.500. The Morgan fingerprint density at radius 3 is 2.53 bits per heavy atom. The minimum Gasteiger partial charge on any atom is -0.497 e. The van der Waals surface area contributed by atoms with Crippen molar-refractivity contribution in [3.8, 4) is 5.75 Å². The molecular weight excluding hydrogens is 214 g/mol. The summed E-state index contributed by atoms with van der Waals surface area (Å²) in [5, 5.41) is 9.49. The molecule has 0 aromatic heterocycles. The van der Waals surface area contributed by atoms with E-state index in [4.69, 9.17) is 7.48 Å². The third-order valence-corrected chi connectivity index (χ3v) is 2.36. The van der Waals surface area contributed by atoms with Crippen molar-refractivity contribution in [2.75, 3.05) is 13.7 Å². The topological polar surface area (TPSA) is 41.8 Å². The van der Waals surface area contributed by atoms with Crippen molar-refractivity contribution >= 4 is 6.21 Å². The highest BCUT2D eigenvalue weighted by atomic mass is 16.5. The lowest BCUT2D eigenvalue weighted by atomic mass is 10.1. The van der Waals surface area contributed by atoms with E-state index in [0.29, 0.717) is 6.42 Å². The van der Waals surface area contributed by atoms with Gasteiger partial charge < -0.3 is 9.84 Å². The second-order valence-electron chi connectivity index (χ2n) is 4.33. The molecule has 94 valence electrons. The summed E-state index contributed by atoms with van der Waals surface area (Å²) >= 11 is 0. The molecule has 0 amide bonds. The number of aliphatic imine (C=N–C) groups is 1. The van der Waals surface area contributed by atoms with Crippen molar-refractivity contribution in [1.82, 2.24) is 0 Å². The van der Waals surface area contributed by atoms with Crippen LogP contribution >= 0.6 is 0 Å². The number of ether oxygens (including phenoxy) is 1. The predicted molar refractivity (Wildman–Crippen MR) is 70.9 cm³/mol. The van der Waals surface area contributed by atoms with Crippen LogP contribution in [0.2, 0.25) is 0 Å². The summed E-state index contributed by atoms with van der Waals surface area (Å²) in [6, 6.07) is 6.54. The van der Waals surface area contributed by atoms with Gasteiger partial charge in [-0.05, 0) is 42.2 Å². The van der Waals surface area contributed by atoms with E-state index in [1.165, 1.54) is 0 Å². The molecule has 0 saturated heterocycles. The number of methoxy groups -OCH3 is 1. The Morgan fingerprint density at radius 1 is 1.41 bits per heavy atom. The lowest BCUT2D eigenvalue weighted by molar-refractivity contribution is 0.251. The van der Waals surface area contributed by atoms with E-state index in [0.717, 1.165) is 11.3 Å². The number of benzene rings is 1. The molecule has 1 rings (SSSR count). The molecule has 1 unspecified atom stereocenters. The van der Waals surface area contributed by atoms with Crippen molar-refractivity contribution in [1.29, 1.82) is 0 Å². The Bertz CT molecular complexity index is 410. The van der Waals surface area contributed by atoms with Gasteiger partial charge >= 0.3 is 0 Å². The molecule has 1 atom stereocenters. The average Bonchev–Trinajstić information content (AvgIpc) is 2.33.